The summed E-state index contributed by atoms with van der Waals surface area (Å²) in [5, 5.41) is 0. The van der Waals surface area contributed by atoms with Gasteiger partial charge in [0.15, 0.2) is 0 Å². The van der Waals surface area contributed by atoms with Gasteiger partial charge in [0.25, 0.3) is 0 Å². The molecule has 2 N–H and O–H groups in total. The van der Waals surface area contributed by atoms with Crippen molar-refractivity contribution in [2.45, 2.75) is 19.9 Å². The summed E-state index contributed by atoms with van der Waals surface area (Å²) in [4.78, 5) is 6.91. The van der Waals surface area contributed by atoms with Crippen LogP contribution in [0.25, 0.3) is 0 Å². The molecule has 3 nitrogen and oxygen atoms in total. The minimum absolute atomic E-state index is 0.495. The second-order valence-corrected chi connectivity index (χ2v) is 6.30. The van der Waals surface area contributed by atoms with Gasteiger partial charge in [0.2, 0.25) is 0 Å². The molecule has 3 rings (SSSR count). The molecular weight excluding hydrogens is 314 g/mol. The molecule has 0 bridgehead atoms. The van der Waals surface area contributed by atoms with Crippen molar-refractivity contribution < 1.29 is 0 Å². The summed E-state index contributed by atoms with van der Waals surface area (Å²) in [6.07, 6.45) is 2.97. The fourth-order valence-corrected chi connectivity index (χ4v) is 3.24. The maximum atomic E-state index is 5.89. The number of benzene rings is 1. The smallest absolute Gasteiger partial charge is 0.137 e. The van der Waals surface area contributed by atoms with Gasteiger partial charge in [-0.05, 0) is 46.0 Å². The zero-order valence-electron chi connectivity index (χ0n) is 11.5. The highest BCUT2D eigenvalue weighted by Gasteiger charge is 2.24. The normalized spacial score (nSPS) is 17.9. The van der Waals surface area contributed by atoms with E-state index in [-0.39, 0.29) is 0 Å². The van der Waals surface area contributed by atoms with Crippen molar-refractivity contribution in [3.05, 3.63) is 52.1 Å². The first-order valence-corrected chi connectivity index (χ1v) is 7.68. The van der Waals surface area contributed by atoms with Crippen LogP contribution >= 0.6 is 15.9 Å². The number of rotatable bonds is 2. The topological polar surface area (TPSA) is 42.2 Å². The van der Waals surface area contributed by atoms with Gasteiger partial charge in [-0.2, -0.15) is 0 Å². The van der Waals surface area contributed by atoms with Crippen molar-refractivity contribution in [2.24, 2.45) is 11.7 Å². The lowest BCUT2D eigenvalue weighted by Gasteiger charge is -2.35. The van der Waals surface area contributed by atoms with Crippen LogP contribution in [0.15, 0.2) is 41.0 Å². The van der Waals surface area contributed by atoms with Crippen LogP contribution in [0, 0.1) is 5.92 Å². The molecule has 2 aromatic rings. The van der Waals surface area contributed by atoms with Crippen LogP contribution in [0.1, 0.15) is 18.1 Å². The van der Waals surface area contributed by atoms with Crippen molar-refractivity contribution >= 4 is 27.4 Å². The average molecular weight is 332 g/mol. The van der Waals surface area contributed by atoms with E-state index in [1.807, 2.05) is 6.20 Å². The van der Waals surface area contributed by atoms with Crippen molar-refractivity contribution in [1.29, 1.82) is 0 Å². The third-order valence-electron chi connectivity index (χ3n) is 3.73. The largest absolute Gasteiger partial charge is 0.326 e. The van der Waals surface area contributed by atoms with Gasteiger partial charge in [0, 0.05) is 35.0 Å². The second-order valence-electron chi connectivity index (χ2n) is 5.39. The third kappa shape index (κ3) is 2.45. The lowest BCUT2D eigenvalue weighted by molar-refractivity contribution is 0.559. The highest BCUT2D eigenvalue weighted by Crippen LogP contribution is 2.36. The predicted octanol–water partition coefficient (Wildman–Crippen LogP) is 3.63. The molecule has 0 amide bonds. The average Bonchev–Trinajstić information content (AvgIpc) is 2.46. The van der Waals surface area contributed by atoms with E-state index in [4.69, 9.17) is 5.73 Å². The molecule has 20 heavy (non-hydrogen) atoms. The summed E-state index contributed by atoms with van der Waals surface area (Å²) < 4.78 is 0.972. The molecule has 1 aromatic carbocycles. The Bertz CT molecular complexity index is 627. The Morgan fingerprint density at radius 3 is 3.00 bits per heavy atom. The zero-order chi connectivity index (χ0) is 14.1. The maximum Gasteiger partial charge on any atom is 0.137 e. The van der Waals surface area contributed by atoms with Crippen molar-refractivity contribution in [2.75, 3.05) is 11.4 Å². The summed E-state index contributed by atoms with van der Waals surface area (Å²) in [6, 6.07) is 10.6. The Morgan fingerprint density at radius 1 is 1.40 bits per heavy atom. The van der Waals surface area contributed by atoms with Crippen LogP contribution in [-0.2, 0) is 13.0 Å². The monoisotopic (exact) mass is 331 g/mol. The van der Waals surface area contributed by atoms with E-state index >= 15 is 0 Å². The molecule has 104 valence electrons. The van der Waals surface area contributed by atoms with E-state index < -0.39 is 0 Å². The molecule has 1 atom stereocenters. The number of nitrogens with zero attached hydrogens (tertiary/aromatic N) is 2. The number of halogens is 1. The van der Waals surface area contributed by atoms with E-state index in [2.05, 4.69) is 63.1 Å². The fourth-order valence-electron chi connectivity index (χ4n) is 2.86. The molecule has 1 aromatic heterocycles. The fraction of sp³-hybridized carbons (Fsp3) is 0.312. The van der Waals surface area contributed by atoms with E-state index in [1.54, 1.807) is 0 Å². The van der Waals surface area contributed by atoms with E-state index in [0.717, 1.165) is 28.8 Å². The zero-order valence-corrected chi connectivity index (χ0v) is 13.1. The molecule has 0 aliphatic carbocycles. The Kier molecular flexibility index (Phi) is 3.76. The highest BCUT2D eigenvalue weighted by atomic mass is 79.9. The van der Waals surface area contributed by atoms with Gasteiger partial charge in [0.1, 0.15) is 5.82 Å². The molecular formula is C16H18BrN3. The van der Waals surface area contributed by atoms with Crippen LogP contribution in [0.4, 0.5) is 11.5 Å². The number of pyridine rings is 1. The predicted molar refractivity (Wildman–Crippen MR) is 86.1 cm³/mol. The highest BCUT2D eigenvalue weighted by molar-refractivity contribution is 9.10. The molecule has 2 heterocycles. The molecule has 0 saturated carbocycles. The van der Waals surface area contributed by atoms with Gasteiger partial charge in [0.05, 0.1) is 0 Å². The Hall–Kier alpha value is -1.39. The minimum Gasteiger partial charge on any atom is -0.326 e. The van der Waals surface area contributed by atoms with Gasteiger partial charge >= 0.3 is 0 Å². The Balaban J connectivity index is 2.10. The lowest BCUT2D eigenvalue weighted by atomic mass is 9.93. The standard InChI is InChI=1S/C16H18BrN3/c1-11-6-12-4-2-3-5-15(12)20(10-11)16-13(8-18)7-14(17)9-19-16/h2-5,7,9,11H,6,8,10,18H2,1H3. The number of nitrogens with two attached hydrogens (primary N) is 1. The maximum absolute atomic E-state index is 5.89. The number of anilines is 2. The van der Waals surface area contributed by atoms with E-state index in [0.29, 0.717) is 12.5 Å². The molecule has 1 aliphatic rings. The molecule has 1 unspecified atom stereocenters. The molecule has 0 saturated heterocycles. The number of hydrogen-bond acceptors (Lipinski definition) is 3. The van der Waals surface area contributed by atoms with Crippen LogP contribution in [0.5, 0.6) is 0 Å². The first-order chi connectivity index (χ1) is 9.69. The van der Waals surface area contributed by atoms with Gasteiger partial charge < -0.3 is 10.6 Å². The summed E-state index contributed by atoms with van der Waals surface area (Å²) in [5.41, 5.74) is 9.61. The van der Waals surface area contributed by atoms with Gasteiger partial charge in [-0.3, -0.25) is 0 Å². The Labute approximate surface area is 127 Å². The van der Waals surface area contributed by atoms with Crippen LogP contribution in [-0.4, -0.2) is 11.5 Å². The summed E-state index contributed by atoms with van der Waals surface area (Å²) in [7, 11) is 0. The van der Waals surface area contributed by atoms with Gasteiger partial charge in [-0.25, -0.2) is 4.98 Å². The third-order valence-corrected chi connectivity index (χ3v) is 4.16. The first-order valence-electron chi connectivity index (χ1n) is 6.89. The van der Waals surface area contributed by atoms with Crippen LogP contribution in [0.2, 0.25) is 0 Å². The van der Waals surface area contributed by atoms with Crippen molar-refractivity contribution in [3.8, 4) is 0 Å². The first kappa shape index (κ1) is 13.6. The van der Waals surface area contributed by atoms with E-state index in [9.17, 15) is 0 Å². The lowest BCUT2D eigenvalue weighted by Crippen LogP contribution is -2.32. The Morgan fingerprint density at radius 2 is 2.20 bits per heavy atom. The summed E-state index contributed by atoms with van der Waals surface area (Å²) in [6.45, 7) is 3.76. The second kappa shape index (κ2) is 5.54. The molecule has 0 fully saturated rings. The quantitative estimate of drug-likeness (QED) is 0.913. The van der Waals surface area contributed by atoms with Crippen molar-refractivity contribution in [1.82, 2.24) is 4.98 Å². The van der Waals surface area contributed by atoms with E-state index in [1.165, 1.54) is 11.3 Å². The van der Waals surface area contributed by atoms with Gasteiger partial charge in [-0.1, -0.05) is 25.1 Å². The minimum atomic E-state index is 0.495. The number of fused-ring (bicyclic) bond motifs is 1. The summed E-state index contributed by atoms with van der Waals surface area (Å²) >= 11 is 3.47. The molecule has 1 aliphatic heterocycles. The van der Waals surface area contributed by atoms with Gasteiger partial charge in [-0.15, -0.1) is 0 Å². The van der Waals surface area contributed by atoms with Crippen molar-refractivity contribution in [3.63, 3.8) is 0 Å². The number of para-hydroxylation sites is 1. The molecule has 0 radical (unpaired) electrons. The number of hydrogen-bond donors (Lipinski definition) is 1. The summed E-state index contributed by atoms with van der Waals surface area (Å²) in [5.74, 6) is 1.59. The molecule has 0 spiro atoms. The van der Waals surface area contributed by atoms with Crippen LogP contribution in [0.3, 0.4) is 0 Å². The number of aromatic nitrogens is 1. The van der Waals surface area contributed by atoms with Crippen LogP contribution < -0.4 is 10.6 Å². The molecule has 4 heteroatoms. The SMILES string of the molecule is CC1Cc2ccccc2N(c2ncc(Br)cc2CN)C1.